The lowest BCUT2D eigenvalue weighted by Crippen LogP contribution is -2.37. The van der Waals surface area contributed by atoms with Crippen molar-refractivity contribution in [2.75, 3.05) is 11.4 Å². The van der Waals surface area contributed by atoms with Crippen molar-refractivity contribution < 1.29 is 9.50 Å². The molecule has 0 spiro atoms. The molecule has 0 amide bonds. The highest BCUT2D eigenvalue weighted by Crippen LogP contribution is 2.30. The Morgan fingerprint density at radius 2 is 2.00 bits per heavy atom. The average molecular weight is 251 g/mol. The standard InChI is InChI=1S/C15H22FNO/c1-2-17(12-7-4-3-5-8-12)15-10-6-9-14(16)13(15)11-18/h6,9-10,12,18H,2-5,7-8,11H2,1H3. The van der Waals surface area contributed by atoms with Gasteiger partial charge < -0.3 is 10.0 Å². The maximum atomic E-state index is 13.7. The molecule has 0 aliphatic heterocycles. The van der Waals surface area contributed by atoms with Gasteiger partial charge >= 0.3 is 0 Å². The topological polar surface area (TPSA) is 23.5 Å². The molecule has 1 aliphatic rings. The normalized spacial score (nSPS) is 16.8. The smallest absolute Gasteiger partial charge is 0.130 e. The van der Waals surface area contributed by atoms with Gasteiger partial charge in [0.1, 0.15) is 5.82 Å². The molecule has 0 aromatic heterocycles. The molecule has 0 saturated heterocycles. The molecule has 0 bridgehead atoms. The molecule has 3 heteroatoms. The van der Waals surface area contributed by atoms with Crippen LogP contribution >= 0.6 is 0 Å². The first kappa shape index (κ1) is 13.3. The van der Waals surface area contributed by atoms with Gasteiger partial charge in [-0.3, -0.25) is 0 Å². The summed E-state index contributed by atoms with van der Waals surface area (Å²) < 4.78 is 13.7. The molecule has 2 nitrogen and oxygen atoms in total. The summed E-state index contributed by atoms with van der Waals surface area (Å²) in [4.78, 5) is 2.26. The largest absolute Gasteiger partial charge is 0.391 e. The Morgan fingerprint density at radius 1 is 1.28 bits per heavy atom. The predicted molar refractivity (Wildman–Crippen MR) is 72.2 cm³/mol. The van der Waals surface area contributed by atoms with Gasteiger partial charge in [-0.15, -0.1) is 0 Å². The van der Waals surface area contributed by atoms with E-state index in [9.17, 15) is 9.50 Å². The monoisotopic (exact) mass is 251 g/mol. The third-order valence-corrected chi connectivity index (χ3v) is 3.92. The van der Waals surface area contributed by atoms with Gasteiger partial charge in [-0.1, -0.05) is 25.3 Å². The molecule has 0 atom stereocenters. The number of hydrogen-bond acceptors (Lipinski definition) is 2. The molecule has 0 unspecified atom stereocenters. The van der Waals surface area contributed by atoms with Crippen LogP contribution in [0.4, 0.5) is 10.1 Å². The number of benzene rings is 1. The van der Waals surface area contributed by atoms with Crippen molar-refractivity contribution >= 4 is 5.69 Å². The highest BCUT2D eigenvalue weighted by Gasteiger charge is 2.22. The third-order valence-electron chi connectivity index (χ3n) is 3.92. The van der Waals surface area contributed by atoms with Crippen molar-refractivity contribution in [2.24, 2.45) is 0 Å². The highest BCUT2D eigenvalue weighted by molar-refractivity contribution is 5.54. The Kier molecular flexibility index (Phi) is 4.59. The minimum Gasteiger partial charge on any atom is -0.391 e. The molecule has 1 N–H and O–H groups in total. The summed E-state index contributed by atoms with van der Waals surface area (Å²) in [5, 5.41) is 9.38. The van der Waals surface area contributed by atoms with Gasteiger partial charge in [0.25, 0.3) is 0 Å². The molecular weight excluding hydrogens is 229 g/mol. The molecule has 1 saturated carbocycles. The number of aliphatic hydroxyl groups is 1. The SMILES string of the molecule is CCN(c1cccc(F)c1CO)C1CCCCC1. The Labute approximate surface area is 108 Å². The summed E-state index contributed by atoms with van der Waals surface area (Å²) in [6.45, 7) is 2.73. The van der Waals surface area contributed by atoms with Crippen molar-refractivity contribution in [3.05, 3.63) is 29.6 Å². The zero-order chi connectivity index (χ0) is 13.0. The summed E-state index contributed by atoms with van der Waals surface area (Å²) in [6.07, 6.45) is 6.17. The third kappa shape index (κ3) is 2.66. The second-order valence-electron chi connectivity index (χ2n) is 4.97. The second kappa shape index (κ2) is 6.19. The zero-order valence-electron chi connectivity index (χ0n) is 11.0. The van der Waals surface area contributed by atoms with Crippen LogP contribution in [0.15, 0.2) is 18.2 Å². The van der Waals surface area contributed by atoms with Crippen molar-refractivity contribution in [2.45, 2.75) is 51.7 Å². The van der Waals surface area contributed by atoms with Crippen LogP contribution in [0.1, 0.15) is 44.6 Å². The van der Waals surface area contributed by atoms with Crippen molar-refractivity contribution in [1.29, 1.82) is 0 Å². The molecular formula is C15H22FNO. The lowest BCUT2D eigenvalue weighted by molar-refractivity contribution is 0.275. The fourth-order valence-electron chi connectivity index (χ4n) is 2.99. The zero-order valence-corrected chi connectivity index (χ0v) is 11.0. The quantitative estimate of drug-likeness (QED) is 0.885. The molecule has 100 valence electrons. The Balaban J connectivity index is 2.28. The van der Waals surface area contributed by atoms with E-state index >= 15 is 0 Å². The first-order valence-corrected chi connectivity index (χ1v) is 6.92. The lowest BCUT2D eigenvalue weighted by Gasteiger charge is -2.36. The number of rotatable bonds is 4. The predicted octanol–water partition coefficient (Wildman–Crippen LogP) is 3.48. The van der Waals surface area contributed by atoms with Crippen LogP contribution in [0.3, 0.4) is 0 Å². The van der Waals surface area contributed by atoms with E-state index in [1.807, 2.05) is 6.07 Å². The van der Waals surface area contributed by atoms with Gasteiger partial charge in [-0.05, 0) is 31.9 Å². The molecule has 18 heavy (non-hydrogen) atoms. The Bertz CT molecular complexity index is 388. The Hall–Kier alpha value is -1.09. The fourth-order valence-corrected chi connectivity index (χ4v) is 2.99. The van der Waals surface area contributed by atoms with E-state index in [2.05, 4.69) is 11.8 Å². The van der Waals surface area contributed by atoms with Crippen LogP contribution in [0.5, 0.6) is 0 Å². The van der Waals surface area contributed by atoms with Crippen LogP contribution in [-0.4, -0.2) is 17.7 Å². The lowest BCUT2D eigenvalue weighted by atomic mass is 9.93. The second-order valence-corrected chi connectivity index (χ2v) is 4.97. The first-order valence-electron chi connectivity index (χ1n) is 6.92. The van der Waals surface area contributed by atoms with Crippen molar-refractivity contribution in [3.8, 4) is 0 Å². The van der Waals surface area contributed by atoms with E-state index in [-0.39, 0.29) is 12.4 Å². The molecule has 0 heterocycles. The van der Waals surface area contributed by atoms with Gasteiger partial charge in [-0.2, -0.15) is 0 Å². The van der Waals surface area contributed by atoms with E-state index in [4.69, 9.17) is 0 Å². The number of nitrogens with zero attached hydrogens (tertiary/aromatic N) is 1. The Morgan fingerprint density at radius 3 is 2.61 bits per heavy atom. The van der Waals surface area contributed by atoms with E-state index in [0.717, 1.165) is 12.2 Å². The molecule has 1 aliphatic carbocycles. The minimum absolute atomic E-state index is 0.231. The first-order chi connectivity index (χ1) is 8.77. The van der Waals surface area contributed by atoms with E-state index in [1.165, 1.54) is 38.2 Å². The van der Waals surface area contributed by atoms with E-state index in [1.54, 1.807) is 6.07 Å². The van der Waals surface area contributed by atoms with E-state index < -0.39 is 0 Å². The minimum atomic E-state index is -0.302. The van der Waals surface area contributed by atoms with Gasteiger partial charge in [-0.25, -0.2) is 4.39 Å². The summed E-state index contributed by atoms with van der Waals surface area (Å²) in [7, 11) is 0. The molecule has 0 radical (unpaired) electrons. The van der Waals surface area contributed by atoms with Crippen molar-refractivity contribution in [3.63, 3.8) is 0 Å². The summed E-state index contributed by atoms with van der Waals surface area (Å²) in [5.41, 5.74) is 1.30. The molecule has 1 fully saturated rings. The summed E-state index contributed by atoms with van der Waals surface area (Å²) in [6, 6.07) is 5.57. The summed E-state index contributed by atoms with van der Waals surface area (Å²) in [5.74, 6) is -0.302. The maximum absolute atomic E-state index is 13.7. The van der Waals surface area contributed by atoms with Crippen LogP contribution in [0.2, 0.25) is 0 Å². The van der Waals surface area contributed by atoms with Crippen LogP contribution < -0.4 is 4.90 Å². The number of anilines is 1. The fraction of sp³-hybridized carbons (Fsp3) is 0.600. The van der Waals surface area contributed by atoms with Crippen molar-refractivity contribution in [1.82, 2.24) is 0 Å². The average Bonchev–Trinajstić information content (AvgIpc) is 2.41. The van der Waals surface area contributed by atoms with Gasteiger partial charge in [0.2, 0.25) is 0 Å². The number of halogens is 1. The highest BCUT2D eigenvalue weighted by atomic mass is 19.1. The van der Waals surface area contributed by atoms with Crippen LogP contribution in [0.25, 0.3) is 0 Å². The number of hydrogen-bond donors (Lipinski definition) is 1. The molecule has 2 rings (SSSR count). The number of aliphatic hydroxyl groups excluding tert-OH is 1. The molecule has 1 aromatic carbocycles. The van der Waals surface area contributed by atoms with Gasteiger partial charge in [0.15, 0.2) is 0 Å². The summed E-state index contributed by atoms with van der Waals surface area (Å²) >= 11 is 0. The van der Waals surface area contributed by atoms with Gasteiger partial charge in [0.05, 0.1) is 6.61 Å². The van der Waals surface area contributed by atoms with Crippen LogP contribution in [0, 0.1) is 5.82 Å². The van der Waals surface area contributed by atoms with Gasteiger partial charge in [0, 0.05) is 23.8 Å². The molecule has 1 aromatic rings. The maximum Gasteiger partial charge on any atom is 0.130 e. The van der Waals surface area contributed by atoms with E-state index in [0.29, 0.717) is 11.6 Å². The van der Waals surface area contributed by atoms with Crippen LogP contribution in [-0.2, 0) is 6.61 Å².